The third kappa shape index (κ3) is 4.44. The molecule has 0 aromatic carbocycles. The van der Waals surface area contributed by atoms with Gasteiger partial charge < -0.3 is 0 Å². The van der Waals surface area contributed by atoms with Crippen molar-refractivity contribution in [1.29, 1.82) is 0 Å². The van der Waals surface area contributed by atoms with E-state index in [0.717, 1.165) is 18.8 Å². The molecule has 1 fully saturated rings. The predicted molar refractivity (Wildman–Crippen MR) is 74.0 cm³/mol. The van der Waals surface area contributed by atoms with Crippen LogP contribution in [0.3, 0.4) is 0 Å². The van der Waals surface area contributed by atoms with E-state index in [4.69, 9.17) is 0 Å². The van der Waals surface area contributed by atoms with Gasteiger partial charge in [0, 0.05) is 12.3 Å². The summed E-state index contributed by atoms with van der Waals surface area (Å²) in [7, 11) is 0. The number of rotatable bonds is 5. The molecule has 1 heteroatoms. The van der Waals surface area contributed by atoms with Crippen LogP contribution in [-0.4, -0.2) is 5.78 Å². The van der Waals surface area contributed by atoms with Gasteiger partial charge in [-0.2, -0.15) is 0 Å². The lowest BCUT2D eigenvalue weighted by molar-refractivity contribution is -0.130. The molecule has 0 aromatic heterocycles. The molecule has 100 valence electrons. The lowest BCUT2D eigenvalue weighted by Crippen LogP contribution is -2.35. The van der Waals surface area contributed by atoms with Crippen LogP contribution < -0.4 is 0 Å². The lowest BCUT2D eigenvalue weighted by atomic mass is 9.66. The average molecular weight is 238 g/mol. The summed E-state index contributed by atoms with van der Waals surface area (Å²) in [6, 6.07) is 0. The van der Waals surface area contributed by atoms with Crippen molar-refractivity contribution in [2.24, 2.45) is 23.2 Å². The van der Waals surface area contributed by atoms with Gasteiger partial charge in [0.05, 0.1) is 0 Å². The molecule has 1 aliphatic rings. The van der Waals surface area contributed by atoms with E-state index in [1.54, 1.807) is 0 Å². The smallest absolute Gasteiger partial charge is 0.136 e. The summed E-state index contributed by atoms with van der Waals surface area (Å²) >= 11 is 0. The second-order valence-corrected chi connectivity index (χ2v) is 7.18. The largest absolute Gasteiger partial charge is 0.299 e. The molecular weight excluding hydrogens is 208 g/mol. The number of carbonyl (C=O) groups is 1. The van der Waals surface area contributed by atoms with Gasteiger partial charge in [-0.25, -0.2) is 0 Å². The number of hydrogen-bond donors (Lipinski definition) is 0. The van der Waals surface area contributed by atoms with Gasteiger partial charge >= 0.3 is 0 Å². The quantitative estimate of drug-likeness (QED) is 0.669. The van der Waals surface area contributed by atoms with Crippen LogP contribution in [0.5, 0.6) is 0 Å². The molecule has 2 unspecified atom stereocenters. The molecule has 0 N–H and O–H groups in total. The van der Waals surface area contributed by atoms with Gasteiger partial charge in [0.15, 0.2) is 0 Å². The fraction of sp³-hybridized carbons (Fsp3) is 0.938. The first-order chi connectivity index (χ1) is 7.83. The van der Waals surface area contributed by atoms with Crippen LogP contribution in [-0.2, 0) is 4.79 Å². The summed E-state index contributed by atoms with van der Waals surface area (Å²) < 4.78 is 0. The molecular formula is C16H30O. The van der Waals surface area contributed by atoms with Crippen molar-refractivity contribution < 1.29 is 4.79 Å². The molecule has 1 nitrogen and oxygen atoms in total. The Balaban J connectivity index is 2.48. The molecule has 0 spiro atoms. The Labute approximate surface area is 107 Å². The third-order valence-corrected chi connectivity index (χ3v) is 4.43. The van der Waals surface area contributed by atoms with E-state index in [1.165, 1.54) is 25.7 Å². The van der Waals surface area contributed by atoms with Crippen molar-refractivity contribution in [2.75, 3.05) is 0 Å². The Hall–Kier alpha value is -0.330. The fourth-order valence-electron chi connectivity index (χ4n) is 3.17. The van der Waals surface area contributed by atoms with E-state index in [1.807, 2.05) is 0 Å². The maximum absolute atomic E-state index is 12.1. The van der Waals surface area contributed by atoms with Crippen LogP contribution in [0.2, 0.25) is 0 Å². The maximum Gasteiger partial charge on any atom is 0.136 e. The van der Waals surface area contributed by atoms with E-state index in [2.05, 4.69) is 34.6 Å². The van der Waals surface area contributed by atoms with Crippen LogP contribution in [0, 0.1) is 23.2 Å². The van der Waals surface area contributed by atoms with Gasteiger partial charge in [0.1, 0.15) is 5.78 Å². The summed E-state index contributed by atoms with van der Waals surface area (Å²) in [5.41, 5.74) is 0.214. The number of carbonyl (C=O) groups excluding carboxylic acids is 1. The SMILES string of the molecule is CC(C)CCCC(C)(C)C1CCC(C)CC1=O. The highest BCUT2D eigenvalue weighted by molar-refractivity contribution is 5.82. The van der Waals surface area contributed by atoms with Crippen molar-refractivity contribution in [2.45, 2.75) is 73.1 Å². The van der Waals surface area contributed by atoms with Gasteiger partial charge in [-0.15, -0.1) is 0 Å². The fourth-order valence-corrected chi connectivity index (χ4v) is 3.17. The van der Waals surface area contributed by atoms with Gasteiger partial charge in [-0.1, -0.05) is 47.5 Å². The summed E-state index contributed by atoms with van der Waals surface area (Å²) in [6.07, 6.45) is 6.94. The van der Waals surface area contributed by atoms with Crippen LogP contribution >= 0.6 is 0 Å². The van der Waals surface area contributed by atoms with Crippen LogP contribution in [0.25, 0.3) is 0 Å². The van der Waals surface area contributed by atoms with Crippen molar-refractivity contribution >= 4 is 5.78 Å². The Morgan fingerprint density at radius 3 is 2.47 bits per heavy atom. The van der Waals surface area contributed by atoms with Crippen LogP contribution in [0.4, 0.5) is 0 Å². The van der Waals surface area contributed by atoms with Gasteiger partial charge in [0.25, 0.3) is 0 Å². The second-order valence-electron chi connectivity index (χ2n) is 7.18. The van der Waals surface area contributed by atoms with Gasteiger partial charge in [-0.05, 0) is 36.5 Å². The Bertz CT molecular complexity index is 252. The topological polar surface area (TPSA) is 17.1 Å². The molecule has 0 heterocycles. The van der Waals surface area contributed by atoms with E-state index >= 15 is 0 Å². The van der Waals surface area contributed by atoms with Gasteiger partial charge in [-0.3, -0.25) is 4.79 Å². The minimum Gasteiger partial charge on any atom is -0.299 e. The van der Waals surface area contributed by atoms with Crippen LogP contribution in [0.1, 0.15) is 73.1 Å². The number of Topliss-reactive ketones (excluding diaryl/α,β-unsaturated/α-hetero) is 1. The highest BCUT2D eigenvalue weighted by Gasteiger charge is 2.37. The van der Waals surface area contributed by atoms with E-state index in [-0.39, 0.29) is 5.41 Å². The zero-order valence-corrected chi connectivity index (χ0v) is 12.4. The molecule has 0 bridgehead atoms. The highest BCUT2D eigenvalue weighted by Crippen LogP contribution is 2.41. The van der Waals surface area contributed by atoms with E-state index in [9.17, 15) is 4.79 Å². The maximum atomic E-state index is 12.1. The van der Waals surface area contributed by atoms with Crippen molar-refractivity contribution in [1.82, 2.24) is 0 Å². The van der Waals surface area contributed by atoms with Crippen LogP contribution in [0.15, 0.2) is 0 Å². The standard InChI is InChI=1S/C16H30O/c1-12(2)7-6-10-16(4,5)14-9-8-13(3)11-15(14)17/h12-14H,6-11H2,1-5H3. The number of hydrogen-bond acceptors (Lipinski definition) is 1. The molecule has 0 radical (unpaired) electrons. The Kier molecular flexibility index (Phi) is 5.22. The second kappa shape index (κ2) is 6.02. The first kappa shape index (κ1) is 14.7. The molecule has 0 aliphatic heterocycles. The minimum absolute atomic E-state index is 0.214. The zero-order valence-electron chi connectivity index (χ0n) is 12.4. The lowest BCUT2D eigenvalue weighted by Gasteiger charge is -2.37. The first-order valence-electron chi connectivity index (χ1n) is 7.35. The average Bonchev–Trinajstić information content (AvgIpc) is 2.15. The van der Waals surface area contributed by atoms with E-state index < -0.39 is 0 Å². The van der Waals surface area contributed by atoms with E-state index in [0.29, 0.717) is 17.6 Å². The van der Waals surface area contributed by atoms with Crippen molar-refractivity contribution in [3.63, 3.8) is 0 Å². The molecule has 1 aliphatic carbocycles. The summed E-state index contributed by atoms with van der Waals surface area (Å²) in [5, 5.41) is 0. The summed E-state index contributed by atoms with van der Waals surface area (Å²) in [6.45, 7) is 11.4. The zero-order chi connectivity index (χ0) is 13.1. The molecule has 0 aromatic rings. The summed E-state index contributed by atoms with van der Waals surface area (Å²) in [5.74, 6) is 2.25. The monoisotopic (exact) mass is 238 g/mol. The summed E-state index contributed by atoms with van der Waals surface area (Å²) in [4.78, 5) is 12.1. The molecule has 17 heavy (non-hydrogen) atoms. The molecule has 2 atom stereocenters. The molecule has 0 amide bonds. The Morgan fingerprint density at radius 1 is 1.29 bits per heavy atom. The Morgan fingerprint density at radius 2 is 1.94 bits per heavy atom. The van der Waals surface area contributed by atoms with Gasteiger partial charge in [0.2, 0.25) is 0 Å². The minimum atomic E-state index is 0.214. The first-order valence-corrected chi connectivity index (χ1v) is 7.35. The normalized spacial score (nSPS) is 26.6. The predicted octanol–water partition coefficient (Wildman–Crippen LogP) is 4.84. The number of ketones is 1. The molecule has 1 rings (SSSR count). The van der Waals surface area contributed by atoms with Crippen molar-refractivity contribution in [3.05, 3.63) is 0 Å². The molecule has 1 saturated carbocycles. The van der Waals surface area contributed by atoms with Crippen molar-refractivity contribution in [3.8, 4) is 0 Å². The highest BCUT2D eigenvalue weighted by atomic mass is 16.1. The third-order valence-electron chi connectivity index (χ3n) is 4.43. The molecule has 0 saturated heterocycles.